The summed E-state index contributed by atoms with van der Waals surface area (Å²) < 4.78 is 5.12. The largest absolute Gasteiger partial charge is 0.347 e. The van der Waals surface area contributed by atoms with Crippen LogP contribution in [0.25, 0.3) is 10.7 Å². The predicted octanol–water partition coefficient (Wildman–Crippen LogP) is 3.69. The monoisotopic (exact) mass is 369 g/mol. The highest BCUT2D eigenvalue weighted by molar-refractivity contribution is 7.13. The van der Waals surface area contributed by atoms with Crippen molar-refractivity contribution < 1.29 is 14.1 Å². The zero-order valence-electron chi connectivity index (χ0n) is 14.6. The molecule has 0 saturated heterocycles. The minimum Gasteiger partial charge on any atom is -0.347 e. The van der Waals surface area contributed by atoms with Crippen LogP contribution in [0.5, 0.6) is 0 Å². The molecule has 0 aliphatic rings. The van der Waals surface area contributed by atoms with Crippen molar-refractivity contribution in [3.8, 4) is 10.7 Å². The van der Waals surface area contributed by atoms with Gasteiger partial charge in [0.05, 0.1) is 11.4 Å². The van der Waals surface area contributed by atoms with Gasteiger partial charge < -0.3 is 9.84 Å². The first-order valence-electron chi connectivity index (χ1n) is 8.26. The van der Waals surface area contributed by atoms with Crippen LogP contribution in [-0.2, 0) is 11.3 Å². The molecule has 2 aromatic heterocycles. The zero-order chi connectivity index (χ0) is 18.5. The number of thiophene rings is 1. The van der Waals surface area contributed by atoms with Gasteiger partial charge in [0.2, 0.25) is 17.6 Å². The van der Waals surface area contributed by atoms with Gasteiger partial charge in [0.25, 0.3) is 0 Å². The van der Waals surface area contributed by atoms with E-state index < -0.39 is 0 Å². The van der Waals surface area contributed by atoms with Crippen molar-refractivity contribution in [1.29, 1.82) is 0 Å². The van der Waals surface area contributed by atoms with Gasteiger partial charge >= 0.3 is 0 Å². The Labute approximate surface area is 155 Å². The Morgan fingerprint density at radius 1 is 1.15 bits per heavy atom. The average molecular weight is 369 g/mol. The molecule has 6 nitrogen and oxygen atoms in total. The molecule has 3 aromatic rings. The molecule has 2 heterocycles. The van der Waals surface area contributed by atoms with E-state index in [0.717, 1.165) is 16.0 Å². The minimum atomic E-state index is -0.224. The number of carbonyl (C=O) groups excluding carboxylic acids is 2. The normalized spacial score (nSPS) is 10.7. The molecule has 134 valence electrons. The van der Waals surface area contributed by atoms with Crippen LogP contribution >= 0.6 is 11.3 Å². The van der Waals surface area contributed by atoms with Crippen LogP contribution in [0.3, 0.4) is 0 Å². The number of nitrogens with one attached hydrogen (secondary N) is 1. The van der Waals surface area contributed by atoms with E-state index in [-0.39, 0.29) is 31.1 Å². The second kappa shape index (κ2) is 8.05. The maximum absolute atomic E-state index is 12.2. The first-order chi connectivity index (χ1) is 12.5. The number of Topliss-reactive ketones (excluding diaryl/α,β-unsaturated/α-hetero) is 1. The van der Waals surface area contributed by atoms with E-state index in [4.69, 9.17) is 4.52 Å². The lowest BCUT2D eigenvalue weighted by Gasteiger charge is -2.05. The molecule has 0 fully saturated rings. The van der Waals surface area contributed by atoms with Crippen LogP contribution in [-0.4, -0.2) is 21.8 Å². The molecule has 0 unspecified atom stereocenters. The molecule has 0 saturated carbocycles. The van der Waals surface area contributed by atoms with E-state index >= 15 is 0 Å². The van der Waals surface area contributed by atoms with Gasteiger partial charge in [-0.3, -0.25) is 9.59 Å². The topological polar surface area (TPSA) is 85.1 Å². The molecule has 0 spiro atoms. The molecule has 1 amide bonds. The number of hydrogen-bond acceptors (Lipinski definition) is 6. The van der Waals surface area contributed by atoms with Crippen molar-refractivity contribution in [3.63, 3.8) is 0 Å². The first kappa shape index (κ1) is 18.0. The van der Waals surface area contributed by atoms with Crippen molar-refractivity contribution >= 4 is 23.0 Å². The van der Waals surface area contributed by atoms with Crippen molar-refractivity contribution in [2.45, 2.75) is 33.2 Å². The summed E-state index contributed by atoms with van der Waals surface area (Å²) in [6.07, 6.45) is 0.288. The molecule has 26 heavy (non-hydrogen) atoms. The molecule has 0 radical (unpaired) electrons. The van der Waals surface area contributed by atoms with Gasteiger partial charge in [0.15, 0.2) is 5.78 Å². The van der Waals surface area contributed by atoms with Gasteiger partial charge in [-0.2, -0.15) is 4.98 Å². The summed E-state index contributed by atoms with van der Waals surface area (Å²) in [4.78, 5) is 29.3. The quantitative estimate of drug-likeness (QED) is 0.642. The van der Waals surface area contributed by atoms with E-state index in [2.05, 4.69) is 15.5 Å². The van der Waals surface area contributed by atoms with Crippen LogP contribution < -0.4 is 5.32 Å². The molecule has 1 N–H and O–H groups in total. The summed E-state index contributed by atoms with van der Waals surface area (Å²) in [5, 5.41) is 8.52. The number of aryl methyl sites for hydroxylation is 2. The summed E-state index contributed by atoms with van der Waals surface area (Å²) in [5.41, 5.74) is 2.84. The third kappa shape index (κ3) is 4.43. The average Bonchev–Trinajstić information content (AvgIpc) is 3.31. The van der Waals surface area contributed by atoms with Crippen molar-refractivity contribution in [3.05, 3.63) is 58.3 Å². The van der Waals surface area contributed by atoms with Crippen LogP contribution in [0.15, 0.2) is 40.2 Å². The first-order valence-corrected chi connectivity index (χ1v) is 9.14. The Morgan fingerprint density at radius 2 is 2.00 bits per heavy atom. The lowest BCUT2D eigenvalue weighted by Crippen LogP contribution is -2.23. The number of hydrogen-bond donors (Lipinski definition) is 1. The predicted molar refractivity (Wildman–Crippen MR) is 98.9 cm³/mol. The molecule has 0 aliphatic heterocycles. The molecule has 0 bridgehead atoms. The summed E-state index contributed by atoms with van der Waals surface area (Å²) in [6.45, 7) is 4.11. The third-order valence-electron chi connectivity index (χ3n) is 4.05. The highest BCUT2D eigenvalue weighted by atomic mass is 32.1. The number of benzene rings is 1. The minimum absolute atomic E-state index is 0.0407. The van der Waals surface area contributed by atoms with E-state index in [9.17, 15) is 9.59 Å². The summed E-state index contributed by atoms with van der Waals surface area (Å²) in [7, 11) is 0. The van der Waals surface area contributed by atoms with Crippen LogP contribution in [0.1, 0.15) is 40.2 Å². The maximum Gasteiger partial charge on any atom is 0.246 e. The molecule has 3 rings (SSSR count). The summed E-state index contributed by atoms with van der Waals surface area (Å²) in [6, 6.07) is 9.39. The number of nitrogens with zero attached hydrogens (tertiary/aromatic N) is 2. The Bertz CT molecular complexity index is 916. The van der Waals surface area contributed by atoms with E-state index in [0.29, 0.717) is 17.3 Å². The second-order valence-corrected chi connectivity index (χ2v) is 6.94. The SMILES string of the molecule is Cc1ccc(C(=O)CCC(=O)NCc2nc(-c3cccs3)no2)cc1C. The number of ketones is 1. The zero-order valence-corrected chi connectivity index (χ0v) is 15.4. The molecule has 0 aliphatic carbocycles. The molecule has 7 heteroatoms. The Morgan fingerprint density at radius 3 is 2.73 bits per heavy atom. The van der Waals surface area contributed by atoms with Gasteiger partial charge in [-0.15, -0.1) is 11.3 Å². The number of carbonyl (C=O) groups is 2. The molecule has 1 aromatic carbocycles. The number of aromatic nitrogens is 2. The Balaban J connectivity index is 1.47. The second-order valence-electron chi connectivity index (χ2n) is 5.99. The van der Waals surface area contributed by atoms with E-state index in [1.807, 2.05) is 43.5 Å². The van der Waals surface area contributed by atoms with Crippen LogP contribution in [0.2, 0.25) is 0 Å². The van der Waals surface area contributed by atoms with E-state index in [1.165, 1.54) is 11.3 Å². The fourth-order valence-electron chi connectivity index (χ4n) is 2.38. The standard InChI is InChI=1S/C19H19N3O3S/c1-12-5-6-14(10-13(12)2)15(23)7-8-17(24)20-11-18-21-19(22-25-18)16-4-3-9-26-16/h3-6,9-10H,7-8,11H2,1-2H3,(H,20,24). The van der Waals surface area contributed by atoms with Gasteiger partial charge in [-0.1, -0.05) is 23.4 Å². The van der Waals surface area contributed by atoms with Gasteiger partial charge in [-0.25, -0.2) is 0 Å². The number of rotatable bonds is 7. The number of amides is 1. The van der Waals surface area contributed by atoms with E-state index in [1.54, 1.807) is 6.07 Å². The lowest BCUT2D eigenvalue weighted by molar-refractivity contribution is -0.121. The highest BCUT2D eigenvalue weighted by Crippen LogP contribution is 2.21. The van der Waals surface area contributed by atoms with Gasteiger partial charge in [0, 0.05) is 18.4 Å². The van der Waals surface area contributed by atoms with Gasteiger partial charge in [0.1, 0.15) is 0 Å². The van der Waals surface area contributed by atoms with Crippen molar-refractivity contribution in [2.75, 3.05) is 0 Å². The third-order valence-corrected chi connectivity index (χ3v) is 4.92. The van der Waals surface area contributed by atoms with Crippen LogP contribution in [0, 0.1) is 13.8 Å². The fourth-order valence-corrected chi connectivity index (χ4v) is 3.03. The lowest BCUT2D eigenvalue weighted by atomic mass is 10.0. The maximum atomic E-state index is 12.2. The Hall–Kier alpha value is -2.80. The molecule has 0 atom stereocenters. The smallest absolute Gasteiger partial charge is 0.246 e. The fraction of sp³-hybridized carbons (Fsp3) is 0.263. The van der Waals surface area contributed by atoms with Crippen LogP contribution in [0.4, 0.5) is 0 Å². The van der Waals surface area contributed by atoms with Crippen molar-refractivity contribution in [2.24, 2.45) is 0 Å². The summed E-state index contributed by atoms with van der Waals surface area (Å²) >= 11 is 1.51. The Kier molecular flexibility index (Phi) is 5.58. The van der Waals surface area contributed by atoms with Crippen molar-refractivity contribution in [1.82, 2.24) is 15.5 Å². The highest BCUT2D eigenvalue weighted by Gasteiger charge is 2.13. The van der Waals surface area contributed by atoms with Gasteiger partial charge in [-0.05, 0) is 42.5 Å². The summed E-state index contributed by atoms with van der Waals surface area (Å²) in [5.74, 6) is 0.579. The molecular weight excluding hydrogens is 350 g/mol. The molecular formula is C19H19N3O3S.